The Labute approximate surface area is 319 Å². The smallest absolute Gasteiger partial charge is 0.331 e. The molecule has 1 aliphatic rings. The molecule has 0 amide bonds. The number of rotatable bonds is 17. The minimum atomic E-state index is -1.07. The van der Waals surface area contributed by atoms with Crippen LogP contribution >= 0.6 is 0 Å². The third kappa shape index (κ3) is 21.4. The van der Waals surface area contributed by atoms with Crippen LogP contribution in [0, 0.1) is 17.8 Å². The molecular formula is C44H70O9. The van der Waals surface area contributed by atoms with Gasteiger partial charge in [-0.15, -0.1) is 0 Å². The summed E-state index contributed by atoms with van der Waals surface area (Å²) < 4.78 is 11.9. The van der Waals surface area contributed by atoms with E-state index in [-0.39, 0.29) is 48.8 Å². The second kappa shape index (κ2) is 25.1. The fraction of sp³-hybridized carbons (Fsp3) is 0.636. The minimum absolute atomic E-state index is 0.0587. The predicted octanol–water partition coefficient (Wildman–Crippen LogP) is 7.54. The molecule has 10 atom stereocenters. The van der Waals surface area contributed by atoms with Crippen molar-refractivity contribution >= 4 is 11.9 Å². The van der Waals surface area contributed by atoms with Gasteiger partial charge in [-0.25, -0.2) is 4.79 Å². The number of carbonyl (C=O) groups excluding carboxylic acids is 2. The lowest BCUT2D eigenvalue weighted by molar-refractivity contribution is -0.152. The SMILES string of the molecule is CC(=C/C(C)=C/C=C/C(C)=C/[C@@H](O)[C@@H](O)CC(C)O)/C=C/C(=O)O[C@H]1CCCC(=O)O[C@@H]([C@@H](C)C/C(C)=C/[C@@H](C)[C@H](O)C[C@@H](C)O)C/C=C(\C)CC1C. The molecule has 0 fully saturated rings. The molecule has 5 N–H and O–H groups in total. The van der Waals surface area contributed by atoms with Crippen LogP contribution in [-0.4, -0.2) is 80.2 Å². The monoisotopic (exact) mass is 743 g/mol. The molecule has 0 spiro atoms. The molecule has 1 heterocycles. The molecule has 1 aliphatic heterocycles. The van der Waals surface area contributed by atoms with E-state index in [1.807, 2.05) is 65.0 Å². The number of allylic oxidation sites excluding steroid dienone is 10. The van der Waals surface area contributed by atoms with Gasteiger partial charge in [-0.3, -0.25) is 4.79 Å². The van der Waals surface area contributed by atoms with E-state index in [1.165, 1.54) is 6.08 Å². The summed E-state index contributed by atoms with van der Waals surface area (Å²) in [6.07, 6.45) is 15.5. The molecule has 0 bridgehead atoms. The molecule has 0 saturated carbocycles. The van der Waals surface area contributed by atoms with Crippen molar-refractivity contribution in [2.45, 2.75) is 163 Å². The largest absolute Gasteiger partial charge is 0.462 e. The van der Waals surface area contributed by atoms with Gasteiger partial charge in [0.25, 0.3) is 0 Å². The van der Waals surface area contributed by atoms with Gasteiger partial charge >= 0.3 is 11.9 Å². The summed E-state index contributed by atoms with van der Waals surface area (Å²) in [4.78, 5) is 25.9. The summed E-state index contributed by atoms with van der Waals surface area (Å²) in [5, 5.41) is 49.4. The topological polar surface area (TPSA) is 154 Å². The number of ether oxygens (including phenoxy) is 2. The zero-order valence-electron chi connectivity index (χ0n) is 34.0. The average Bonchev–Trinajstić information content (AvgIpc) is 3.03. The summed E-state index contributed by atoms with van der Waals surface area (Å²) in [6.45, 7) is 19.1. The van der Waals surface area contributed by atoms with E-state index in [2.05, 4.69) is 26.8 Å². The van der Waals surface area contributed by atoms with E-state index in [9.17, 15) is 35.1 Å². The Hall–Kier alpha value is -3.08. The maximum atomic E-state index is 12.9. The zero-order valence-corrected chi connectivity index (χ0v) is 34.0. The Morgan fingerprint density at radius 2 is 1.55 bits per heavy atom. The third-order valence-corrected chi connectivity index (χ3v) is 9.48. The molecule has 53 heavy (non-hydrogen) atoms. The number of aliphatic hydroxyl groups excluding tert-OH is 5. The summed E-state index contributed by atoms with van der Waals surface area (Å²) in [5.41, 5.74) is 4.84. The first-order chi connectivity index (χ1) is 24.8. The lowest BCUT2D eigenvalue weighted by atomic mass is 9.89. The fourth-order valence-electron chi connectivity index (χ4n) is 6.52. The number of hydrogen-bond donors (Lipinski definition) is 5. The molecule has 9 nitrogen and oxygen atoms in total. The number of esters is 2. The van der Waals surface area contributed by atoms with Crippen LogP contribution < -0.4 is 0 Å². The van der Waals surface area contributed by atoms with Gasteiger partial charge in [0.2, 0.25) is 0 Å². The van der Waals surface area contributed by atoms with Crippen LogP contribution in [0.3, 0.4) is 0 Å². The first kappa shape index (κ1) is 47.9. The van der Waals surface area contributed by atoms with E-state index < -0.39 is 36.5 Å². The first-order valence-electron chi connectivity index (χ1n) is 19.3. The molecule has 0 aromatic carbocycles. The number of hydrogen-bond acceptors (Lipinski definition) is 9. The number of cyclic esters (lactones) is 1. The van der Waals surface area contributed by atoms with Crippen molar-refractivity contribution < 1.29 is 44.6 Å². The second-order valence-electron chi connectivity index (χ2n) is 15.6. The lowest BCUT2D eigenvalue weighted by Gasteiger charge is -2.27. The highest BCUT2D eigenvalue weighted by Gasteiger charge is 2.26. The van der Waals surface area contributed by atoms with Gasteiger partial charge in [-0.05, 0) is 92.4 Å². The van der Waals surface area contributed by atoms with Crippen LogP contribution in [0.2, 0.25) is 0 Å². The van der Waals surface area contributed by atoms with Crippen molar-refractivity contribution in [3.05, 3.63) is 82.5 Å². The molecule has 2 unspecified atom stereocenters. The van der Waals surface area contributed by atoms with Gasteiger partial charge in [0.15, 0.2) is 0 Å². The fourth-order valence-corrected chi connectivity index (χ4v) is 6.52. The Balaban J connectivity index is 2.86. The van der Waals surface area contributed by atoms with Crippen molar-refractivity contribution in [3.63, 3.8) is 0 Å². The summed E-state index contributed by atoms with van der Waals surface area (Å²) in [6, 6.07) is 0. The molecule has 0 aromatic rings. The highest BCUT2D eigenvalue weighted by molar-refractivity contribution is 5.82. The van der Waals surface area contributed by atoms with E-state index in [1.54, 1.807) is 26.0 Å². The molecular weight excluding hydrogens is 672 g/mol. The van der Waals surface area contributed by atoms with Crippen LogP contribution in [0.25, 0.3) is 0 Å². The van der Waals surface area contributed by atoms with Crippen molar-refractivity contribution in [1.82, 2.24) is 0 Å². The summed E-state index contributed by atoms with van der Waals surface area (Å²) >= 11 is 0. The summed E-state index contributed by atoms with van der Waals surface area (Å²) in [5.74, 6) is -0.659. The molecule has 0 saturated heterocycles. The van der Waals surface area contributed by atoms with E-state index >= 15 is 0 Å². The minimum Gasteiger partial charge on any atom is -0.462 e. The Morgan fingerprint density at radius 3 is 2.19 bits per heavy atom. The quantitative estimate of drug-likeness (QED) is 0.0440. The maximum absolute atomic E-state index is 12.9. The van der Waals surface area contributed by atoms with Gasteiger partial charge in [0.1, 0.15) is 12.2 Å². The van der Waals surface area contributed by atoms with Crippen LogP contribution in [0.5, 0.6) is 0 Å². The van der Waals surface area contributed by atoms with Gasteiger partial charge < -0.3 is 35.0 Å². The van der Waals surface area contributed by atoms with Crippen molar-refractivity contribution in [3.8, 4) is 0 Å². The van der Waals surface area contributed by atoms with Crippen molar-refractivity contribution in [2.75, 3.05) is 0 Å². The van der Waals surface area contributed by atoms with E-state index in [4.69, 9.17) is 9.47 Å². The third-order valence-electron chi connectivity index (χ3n) is 9.48. The standard InChI is InChI=1S/C44H70O9/c1-28(13-11-14-29(2)25-39(48)40(49)27-37(10)46)21-30(3)18-20-44(51)52-41-15-12-16-43(50)53-42(19-17-31(4)22-34(41)7)35(8)24-32(5)23-33(6)38(47)26-36(9)45/h11,13-14,17-18,20-21,23,25,33-42,45-49H,12,15-16,19,22,24,26-27H2,1-10H3/b14-11+,20-18+,28-13+,29-25+,30-21-,31-17+,32-23+/t33-,34?,35+,36-,37?,38-,39-,40+,41+,42-/m1/s1. The van der Waals surface area contributed by atoms with Gasteiger partial charge in [-0.1, -0.05) is 97.2 Å². The summed E-state index contributed by atoms with van der Waals surface area (Å²) in [7, 11) is 0. The molecule has 300 valence electrons. The van der Waals surface area contributed by atoms with Crippen molar-refractivity contribution in [2.24, 2.45) is 17.8 Å². The predicted molar refractivity (Wildman–Crippen MR) is 213 cm³/mol. The van der Waals surface area contributed by atoms with Gasteiger partial charge in [0.05, 0.1) is 30.5 Å². The molecule has 0 aromatic heterocycles. The molecule has 0 radical (unpaired) electrons. The van der Waals surface area contributed by atoms with Crippen molar-refractivity contribution in [1.29, 1.82) is 0 Å². The average molecular weight is 743 g/mol. The molecule has 9 heteroatoms. The maximum Gasteiger partial charge on any atom is 0.331 e. The van der Waals surface area contributed by atoms with Gasteiger partial charge in [-0.2, -0.15) is 0 Å². The molecule has 1 rings (SSSR count). The van der Waals surface area contributed by atoms with Crippen LogP contribution in [0.15, 0.2) is 82.5 Å². The highest BCUT2D eigenvalue weighted by Crippen LogP contribution is 2.27. The van der Waals surface area contributed by atoms with Crippen LogP contribution in [-0.2, 0) is 19.1 Å². The normalized spacial score (nSPS) is 25.7. The van der Waals surface area contributed by atoms with E-state index in [0.717, 1.165) is 40.7 Å². The Kier molecular flexibility index (Phi) is 22.7. The zero-order chi connectivity index (χ0) is 40.2. The second-order valence-corrected chi connectivity index (χ2v) is 15.6. The number of aliphatic hydroxyl groups is 5. The molecule has 0 aliphatic carbocycles. The Bertz CT molecular complexity index is 1350. The number of carbonyl (C=O) groups is 2. The Morgan fingerprint density at radius 1 is 0.906 bits per heavy atom. The lowest BCUT2D eigenvalue weighted by Crippen LogP contribution is -2.28. The first-order valence-corrected chi connectivity index (χ1v) is 19.3. The highest BCUT2D eigenvalue weighted by atomic mass is 16.5. The van der Waals surface area contributed by atoms with Gasteiger partial charge in [0, 0.05) is 31.3 Å². The van der Waals surface area contributed by atoms with Crippen LogP contribution in [0.4, 0.5) is 0 Å². The van der Waals surface area contributed by atoms with E-state index in [0.29, 0.717) is 25.7 Å². The van der Waals surface area contributed by atoms with Crippen LogP contribution in [0.1, 0.15) is 121 Å².